The van der Waals surface area contributed by atoms with Crippen LogP contribution in [0.5, 0.6) is 0 Å². The fourth-order valence-electron chi connectivity index (χ4n) is 0. The maximum Gasteiger partial charge on any atom is 0 e. The van der Waals surface area contributed by atoms with Crippen LogP contribution in [0, 0.1) is 0 Å². The van der Waals surface area contributed by atoms with Crippen LogP contribution in [0.4, 0.5) is 0 Å². The third kappa shape index (κ3) is 14.5. The Kier molecular flexibility index (Phi) is 1370. The first-order chi connectivity index (χ1) is 0. The van der Waals surface area contributed by atoms with E-state index in [1.54, 1.807) is 0 Å². The Morgan fingerprint density at radius 1 is 0.750 bits per heavy atom. The minimum Gasteiger partial charge on any atom is -0.870 e. The zero-order chi connectivity index (χ0) is 0. The Morgan fingerprint density at radius 3 is 0.750 bits per heavy atom. The summed E-state index contributed by atoms with van der Waals surface area (Å²) in [6, 6.07) is 0. The van der Waals surface area contributed by atoms with Gasteiger partial charge in [0.1, 0.15) is 0 Å². The van der Waals surface area contributed by atoms with Crippen molar-refractivity contribution in [3.63, 3.8) is 0 Å². The van der Waals surface area contributed by atoms with Gasteiger partial charge in [0, 0.05) is 26.6 Å². The van der Waals surface area contributed by atoms with Crippen molar-refractivity contribution in [2.75, 3.05) is 0 Å². The molecule has 0 aromatic heterocycles. The summed E-state index contributed by atoms with van der Waals surface area (Å²) in [5.41, 5.74) is 0. The van der Waals surface area contributed by atoms with Gasteiger partial charge in [-0.15, -0.1) is 0 Å². The molecule has 30 valence electrons. The summed E-state index contributed by atoms with van der Waals surface area (Å²) in [5, 5.41) is 0. The summed E-state index contributed by atoms with van der Waals surface area (Å²) >= 11 is 0. The van der Waals surface area contributed by atoms with Crippen molar-refractivity contribution in [2.24, 2.45) is 0 Å². The molecule has 2 radical (unpaired) electrons. The maximum atomic E-state index is 0. The van der Waals surface area contributed by atoms with Gasteiger partial charge < -0.3 is 16.4 Å². The van der Waals surface area contributed by atoms with Crippen molar-refractivity contribution >= 4 is 26.6 Å². The summed E-state index contributed by atoms with van der Waals surface area (Å²) in [6.07, 6.45) is 0. The van der Waals surface area contributed by atoms with Crippen molar-refractivity contribution in [2.45, 2.75) is 0 Å². The Labute approximate surface area is 43.4 Å². The molecule has 4 heteroatoms. The Bertz CT molecular complexity index is 3.25. The van der Waals surface area contributed by atoms with Gasteiger partial charge in [0.25, 0.3) is 0 Å². The minimum atomic E-state index is 0. The molecule has 0 spiro atoms. The molecule has 0 aromatic carbocycles. The normalized spacial score (nSPS) is 0. The van der Waals surface area contributed by atoms with Gasteiger partial charge in [-0.1, -0.05) is 0 Å². The zero-order valence-electron chi connectivity index (χ0n) is 1.80. The van der Waals surface area contributed by atoms with Crippen LogP contribution in [-0.2, 0) is 0 Å². The summed E-state index contributed by atoms with van der Waals surface area (Å²) in [6.45, 7) is 0. The van der Waals surface area contributed by atoms with E-state index < -0.39 is 0 Å². The molecule has 0 bridgehead atoms. The molecule has 0 rings (SSSR count). The molecule has 0 aliphatic heterocycles. The quantitative estimate of drug-likeness (QED) is 0.527. The first-order valence-corrected chi connectivity index (χ1v) is 0. The maximum absolute atomic E-state index is 0. The van der Waals surface area contributed by atoms with Crippen molar-refractivity contribution in [1.29, 1.82) is 0 Å². The molecule has 3 nitrogen and oxygen atoms in total. The van der Waals surface area contributed by atoms with Crippen LogP contribution in [0.1, 0.15) is 0 Å². The van der Waals surface area contributed by atoms with Crippen LogP contribution in [-0.4, -0.2) is 43.0 Å². The second kappa shape index (κ2) is 48.3. The second-order valence-corrected chi connectivity index (χ2v) is 0. The van der Waals surface area contributed by atoms with Gasteiger partial charge in [-0.3, -0.25) is 0 Å². The van der Waals surface area contributed by atoms with Gasteiger partial charge in [0.15, 0.2) is 0 Å². The Balaban J connectivity index is 0. The largest absolute Gasteiger partial charge is 0.870 e. The third-order valence-electron chi connectivity index (χ3n) is 0. The third-order valence-corrected chi connectivity index (χ3v) is 0. The van der Waals surface area contributed by atoms with E-state index in [9.17, 15) is 0 Å². The molecule has 0 unspecified atom stereocenters. The van der Waals surface area contributed by atoms with Crippen molar-refractivity contribution in [1.82, 2.24) is 0 Å². The van der Waals surface area contributed by atoms with Crippen LogP contribution in [0.25, 0.3) is 0 Å². The van der Waals surface area contributed by atoms with E-state index in [0.717, 1.165) is 0 Å². The Morgan fingerprint density at radius 2 is 0.750 bits per heavy atom. The van der Waals surface area contributed by atoms with Crippen molar-refractivity contribution in [3.8, 4) is 0 Å². The van der Waals surface area contributed by atoms with E-state index >= 15 is 0 Å². The monoisotopic (exact) mass is 261 g/mol. The molecular weight excluding hydrogens is 257 g/mol. The molecule has 0 saturated carbocycles. The predicted molar refractivity (Wildman–Crippen MR) is 13.2 cm³/mol. The zero-order valence-corrected chi connectivity index (χ0v) is 4.98. The first kappa shape index (κ1) is 113. The van der Waals surface area contributed by atoms with Gasteiger partial charge in [-0.05, 0) is 0 Å². The molecule has 0 saturated heterocycles. The van der Waals surface area contributed by atoms with Crippen LogP contribution < -0.4 is 0 Å². The topological polar surface area (TPSA) is 91.5 Å². The van der Waals surface area contributed by atoms with Crippen LogP contribution in [0.15, 0.2) is 0 Å². The minimum absolute atomic E-state index is 0. The van der Waals surface area contributed by atoms with Gasteiger partial charge >= 0.3 is 0 Å². The summed E-state index contributed by atoms with van der Waals surface area (Å²) in [7, 11) is 0. The summed E-state index contributed by atoms with van der Waals surface area (Å²) in [5.74, 6) is 0. The number of rotatable bonds is 0. The average molecular weight is 261 g/mol. The molecule has 0 amide bonds. The standard InChI is InChI=1S/3H2O.Po/h3*1H2;/p-2. The van der Waals surface area contributed by atoms with E-state index in [1.807, 2.05) is 0 Å². The molecule has 0 aliphatic rings. The number of hydrogen-bond acceptors (Lipinski definition) is 2. The summed E-state index contributed by atoms with van der Waals surface area (Å²) in [4.78, 5) is 0. The number of hydrogen-bond donors (Lipinski definition) is 0. The second-order valence-electron chi connectivity index (χ2n) is 0. The van der Waals surface area contributed by atoms with Gasteiger partial charge in [0.2, 0.25) is 0 Å². The molecule has 0 aliphatic carbocycles. The molecule has 0 heterocycles. The van der Waals surface area contributed by atoms with Crippen LogP contribution in [0.3, 0.4) is 0 Å². The molecule has 4 N–H and O–H groups in total. The SMILES string of the molecule is O.[OH-].[OH-].[Po]. The summed E-state index contributed by atoms with van der Waals surface area (Å²) < 4.78 is 0. The van der Waals surface area contributed by atoms with Crippen molar-refractivity contribution in [3.05, 3.63) is 0 Å². The molecule has 0 atom stereocenters. The first-order valence-electron chi connectivity index (χ1n) is 0. The van der Waals surface area contributed by atoms with E-state index in [1.165, 1.54) is 0 Å². The molecule has 0 fully saturated rings. The Hall–Kier alpha value is 0.776. The van der Waals surface area contributed by atoms with E-state index in [-0.39, 0.29) is 43.0 Å². The van der Waals surface area contributed by atoms with Gasteiger partial charge in [0.05, 0.1) is 0 Å². The fraction of sp³-hybridized carbons (Fsp3) is 0. The van der Waals surface area contributed by atoms with E-state index in [4.69, 9.17) is 0 Å². The van der Waals surface area contributed by atoms with Gasteiger partial charge in [-0.2, -0.15) is 0 Å². The average Bonchev–Trinajstić information content (AvgIpc) is 0. The van der Waals surface area contributed by atoms with Crippen molar-refractivity contribution < 1.29 is 16.4 Å². The van der Waals surface area contributed by atoms with E-state index in [2.05, 4.69) is 0 Å². The van der Waals surface area contributed by atoms with Crippen LogP contribution in [0.2, 0.25) is 0 Å². The van der Waals surface area contributed by atoms with Crippen LogP contribution >= 0.6 is 0 Å². The smallest absolute Gasteiger partial charge is 0 e. The van der Waals surface area contributed by atoms with Gasteiger partial charge in [-0.25, -0.2) is 0 Å². The molecular formula is H4O3Po-2. The molecule has 4 heavy (non-hydrogen) atoms. The predicted octanol–water partition coefficient (Wildman–Crippen LogP) is -1.56. The molecule has 0 aromatic rings. The van der Waals surface area contributed by atoms with E-state index in [0.29, 0.717) is 0 Å². The fourth-order valence-corrected chi connectivity index (χ4v) is 0.